The molecule has 1 aliphatic heterocycles. The summed E-state index contributed by atoms with van der Waals surface area (Å²) in [5.41, 5.74) is 0. The summed E-state index contributed by atoms with van der Waals surface area (Å²) in [4.78, 5) is 36.7. The van der Waals surface area contributed by atoms with E-state index in [0.29, 0.717) is 12.5 Å². The third kappa shape index (κ3) is 3.36. The van der Waals surface area contributed by atoms with E-state index >= 15 is 0 Å². The Morgan fingerprint density at radius 2 is 2.00 bits per heavy atom. The van der Waals surface area contributed by atoms with Crippen molar-refractivity contribution in [2.75, 3.05) is 31.3 Å². The number of nitrogens with zero attached hydrogens (tertiary/aromatic N) is 4. The van der Waals surface area contributed by atoms with E-state index in [9.17, 15) is 9.59 Å². The Hall–Kier alpha value is -2.45. The lowest BCUT2D eigenvalue weighted by molar-refractivity contribution is -0.136. The van der Waals surface area contributed by atoms with Gasteiger partial charge >= 0.3 is 6.01 Å². The predicted molar refractivity (Wildman–Crippen MR) is 75.0 cm³/mol. The number of hydrogen-bond donors (Lipinski definition) is 2. The summed E-state index contributed by atoms with van der Waals surface area (Å²) in [5, 5.41) is 5.87. The van der Waals surface area contributed by atoms with Crippen molar-refractivity contribution in [3.05, 3.63) is 0 Å². The molecule has 0 saturated carbocycles. The molecule has 0 radical (unpaired) electrons. The van der Waals surface area contributed by atoms with Crippen LogP contribution in [0.5, 0.6) is 6.01 Å². The van der Waals surface area contributed by atoms with Gasteiger partial charge in [-0.3, -0.25) is 14.5 Å². The predicted octanol–water partition coefficient (Wildman–Crippen LogP) is -0.129. The number of hydrogen-bond acceptors (Lipinski definition) is 8. The second kappa shape index (κ2) is 6.33. The Morgan fingerprint density at radius 1 is 1.29 bits per heavy atom. The third-order valence-corrected chi connectivity index (χ3v) is 3.02. The first kappa shape index (κ1) is 14.9. The summed E-state index contributed by atoms with van der Waals surface area (Å²) >= 11 is 0. The standard InChI is InChI=1S/C12H18N6O3/c1-4-5-13-10-15-11(17-12(16-10)21-3)14-7-6-8(19)18(2)9(7)20/h7H,4-6H2,1-3H3,(H2,13,14,15,16,17). The Kier molecular flexibility index (Phi) is 4.51. The van der Waals surface area contributed by atoms with Gasteiger partial charge in [0.15, 0.2) is 0 Å². The molecule has 1 aliphatic rings. The molecule has 2 heterocycles. The average Bonchev–Trinajstić information content (AvgIpc) is 2.72. The SMILES string of the molecule is CCCNc1nc(NC2CC(=O)N(C)C2=O)nc(OC)n1. The largest absolute Gasteiger partial charge is 0.467 e. The maximum absolute atomic E-state index is 11.9. The van der Waals surface area contributed by atoms with E-state index in [-0.39, 0.29) is 30.2 Å². The number of likely N-dealkylation sites (tertiary alicyclic amines) is 1. The number of methoxy groups -OCH3 is 1. The fourth-order valence-electron chi connectivity index (χ4n) is 1.85. The number of imide groups is 1. The molecule has 21 heavy (non-hydrogen) atoms. The first-order valence-corrected chi connectivity index (χ1v) is 6.66. The monoisotopic (exact) mass is 294 g/mol. The minimum Gasteiger partial charge on any atom is -0.467 e. The highest BCUT2D eigenvalue weighted by Gasteiger charge is 2.36. The van der Waals surface area contributed by atoms with Gasteiger partial charge in [-0.1, -0.05) is 6.92 Å². The zero-order valence-corrected chi connectivity index (χ0v) is 12.2. The van der Waals surface area contributed by atoms with Gasteiger partial charge in [0, 0.05) is 13.6 Å². The molecular formula is C12H18N6O3. The number of nitrogens with one attached hydrogen (secondary N) is 2. The van der Waals surface area contributed by atoms with E-state index in [0.717, 1.165) is 11.3 Å². The van der Waals surface area contributed by atoms with Crippen molar-refractivity contribution in [3.8, 4) is 6.01 Å². The highest BCUT2D eigenvalue weighted by molar-refractivity contribution is 6.06. The van der Waals surface area contributed by atoms with Crippen molar-refractivity contribution in [3.63, 3.8) is 0 Å². The van der Waals surface area contributed by atoms with Gasteiger partial charge in [0.1, 0.15) is 6.04 Å². The van der Waals surface area contributed by atoms with Crippen LogP contribution in [0.15, 0.2) is 0 Å². The summed E-state index contributed by atoms with van der Waals surface area (Å²) in [7, 11) is 2.90. The molecule has 9 heteroatoms. The Bertz CT molecular complexity index is 550. The Morgan fingerprint density at radius 3 is 2.57 bits per heavy atom. The first-order chi connectivity index (χ1) is 10.0. The summed E-state index contributed by atoms with van der Waals surface area (Å²) < 4.78 is 5.00. The van der Waals surface area contributed by atoms with E-state index in [1.807, 2.05) is 6.92 Å². The van der Waals surface area contributed by atoms with Crippen LogP contribution in [-0.4, -0.2) is 58.4 Å². The second-order valence-corrected chi connectivity index (χ2v) is 4.59. The van der Waals surface area contributed by atoms with E-state index in [1.165, 1.54) is 14.2 Å². The molecule has 0 bridgehead atoms. The first-order valence-electron chi connectivity index (χ1n) is 6.66. The molecule has 1 saturated heterocycles. The van der Waals surface area contributed by atoms with Crippen LogP contribution < -0.4 is 15.4 Å². The van der Waals surface area contributed by atoms with Crippen LogP contribution in [0.1, 0.15) is 19.8 Å². The van der Waals surface area contributed by atoms with Crippen molar-refractivity contribution >= 4 is 23.7 Å². The second-order valence-electron chi connectivity index (χ2n) is 4.59. The van der Waals surface area contributed by atoms with Gasteiger partial charge in [0.05, 0.1) is 13.5 Å². The van der Waals surface area contributed by atoms with Crippen molar-refractivity contribution in [1.29, 1.82) is 0 Å². The maximum atomic E-state index is 11.9. The van der Waals surface area contributed by atoms with E-state index in [1.54, 1.807) is 0 Å². The van der Waals surface area contributed by atoms with Crippen LogP contribution in [0.25, 0.3) is 0 Å². The van der Waals surface area contributed by atoms with Gasteiger partial charge in [-0.25, -0.2) is 0 Å². The van der Waals surface area contributed by atoms with E-state index in [2.05, 4.69) is 25.6 Å². The van der Waals surface area contributed by atoms with E-state index in [4.69, 9.17) is 4.74 Å². The molecule has 0 spiro atoms. The molecule has 1 aromatic heterocycles. The normalized spacial score (nSPS) is 18.0. The lowest BCUT2D eigenvalue weighted by Gasteiger charge is -2.12. The van der Waals surface area contributed by atoms with Crippen molar-refractivity contribution in [2.24, 2.45) is 0 Å². The van der Waals surface area contributed by atoms with Crippen LogP contribution in [-0.2, 0) is 9.59 Å². The molecule has 1 unspecified atom stereocenters. The number of carbonyl (C=O) groups is 2. The average molecular weight is 294 g/mol. The van der Waals surface area contributed by atoms with Gasteiger partial charge in [-0.15, -0.1) is 0 Å². The Balaban J connectivity index is 2.15. The fraction of sp³-hybridized carbons (Fsp3) is 0.583. The summed E-state index contributed by atoms with van der Waals surface area (Å²) in [6.07, 6.45) is 0.998. The minimum atomic E-state index is -0.659. The third-order valence-electron chi connectivity index (χ3n) is 3.02. The molecule has 2 N–H and O–H groups in total. The lowest BCUT2D eigenvalue weighted by atomic mass is 10.2. The maximum Gasteiger partial charge on any atom is 0.322 e. The van der Waals surface area contributed by atoms with Gasteiger partial charge in [-0.05, 0) is 6.42 Å². The molecule has 2 rings (SSSR count). The van der Waals surface area contributed by atoms with E-state index < -0.39 is 6.04 Å². The fourth-order valence-corrected chi connectivity index (χ4v) is 1.85. The van der Waals surface area contributed by atoms with Crippen LogP contribution in [0.4, 0.5) is 11.9 Å². The van der Waals surface area contributed by atoms with Crippen molar-refractivity contribution in [1.82, 2.24) is 19.9 Å². The Labute approximate surface area is 122 Å². The summed E-state index contributed by atoms with van der Waals surface area (Å²) in [6.45, 7) is 2.72. The molecule has 2 amide bonds. The number of anilines is 2. The molecule has 114 valence electrons. The number of amides is 2. The van der Waals surface area contributed by atoms with Crippen molar-refractivity contribution < 1.29 is 14.3 Å². The van der Waals surface area contributed by atoms with Crippen LogP contribution in [0.3, 0.4) is 0 Å². The highest BCUT2D eigenvalue weighted by atomic mass is 16.5. The number of likely N-dealkylation sites (N-methyl/N-ethyl adjacent to an activating group) is 1. The molecule has 1 aromatic rings. The lowest BCUT2D eigenvalue weighted by Crippen LogP contribution is -2.32. The number of aromatic nitrogens is 3. The number of carbonyl (C=O) groups excluding carboxylic acids is 2. The molecular weight excluding hydrogens is 276 g/mol. The quantitative estimate of drug-likeness (QED) is 0.698. The summed E-state index contributed by atoms with van der Waals surface area (Å²) in [6, 6.07) is -0.523. The molecule has 0 aliphatic carbocycles. The highest BCUT2D eigenvalue weighted by Crippen LogP contribution is 2.17. The van der Waals surface area contributed by atoms with Gasteiger partial charge in [-0.2, -0.15) is 15.0 Å². The minimum absolute atomic E-state index is 0.0844. The van der Waals surface area contributed by atoms with Crippen molar-refractivity contribution in [2.45, 2.75) is 25.8 Å². The topological polar surface area (TPSA) is 109 Å². The molecule has 9 nitrogen and oxygen atoms in total. The zero-order valence-electron chi connectivity index (χ0n) is 12.2. The van der Waals surface area contributed by atoms with Crippen LogP contribution in [0.2, 0.25) is 0 Å². The van der Waals surface area contributed by atoms with Gasteiger partial charge in [0.25, 0.3) is 5.91 Å². The molecule has 0 aromatic carbocycles. The van der Waals surface area contributed by atoms with Crippen LogP contribution in [0, 0.1) is 0 Å². The smallest absolute Gasteiger partial charge is 0.322 e. The van der Waals surface area contributed by atoms with Gasteiger partial charge < -0.3 is 15.4 Å². The molecule has 1 atom stereocenters. The zero-order chi connectivity index (χ0) is 15.4. The number of ether oxygens (including phenoxy) is 1. The van der Waals surface area contributed by atoms with Crippen LogP contribution >= 0.6 is 0 Å². The molecule has 1 fully saturated rings. The summed E-state index contributed by atoms with van der Waals surface area (Å²) in [5.74, 6) is 0.0172. The number of rotatable bonds is 6. The van der Waals surface area contributed by atoms with Gasteiger partial charge in [0.2, 0.25) is 17.8 Å².